The number of methoxy groups -OCH3 is 2. The van der Waals surface area contributed by atoms with Crippen molar-refractivity contribution in [3.8, 4) is 11.5 Å². The second-order valence-electron chi connectivity index (χ2n) is 8.43. The zero-order valence-corrected chi connectivity index (χ0v) is 20.7. The first-order chi connectivity index (χ1) is 17.4. The number of nitrogens with one attached hydrogen (secondary N) is 2. The number of halogens is 1. The number of nitrogens with zero attached hydrogens (tertiary/aromatic N) is 2. The molecule has 1 amide bonds. The number of hydrogen-bond donors (Lipinski definition) is 2. The quantitative estimate of drug-likeness (QED) is 0.435. The number of H-pyrrole nitrogens is 1. The molecule has 10 heteroatoms. The van der Waals surface area contributed by atoms with Gasteiger partial charge in [0, 0.05) is 50.6 Å². The Bertz CT molecular complexity index is 1240. The molecule has 0 spiro atoms. The number of esters is 1. The van der Waals surface area contributed by atoms with E-state index < -0.39 is 5.97 Å². The number of ether oxygens (including phenoxy) is 3. The van der Waals surface area contributed by atoms with Crippen LogP contribution in [0.15, 0.2) is 36.4 Å². The van der Waals surface area contributed by atoms with Crippen molar-refractivity contribution in [3.05, 3.63) is 47.9 Å². The summed E-state index contributed by atoms with van der Waals surface area (Å²) < 4.78 is 30.0. The number of anilines is 2. The number of piperazine rings is 1. The fourth-order valence-electron chi connectivity index (χ4n) is 4.39. The summed E-state index contributed by atoms with van der Waals surface area (Å²) in [5, 5.41) is 3.50. The lowest BCUT2D eigenvalue weighted by atomic mass is 10.2. The molecule has 1 aliphatic heterocycles. The van der Waals surface area contributed by atoms with E-state index in [0.717, 1.165) is 13.1 Å². The van der Waals surface area contributed by atoms with Gasteiger partial charge in [-0.2, -0.15) is 0 Å². The van der Waals surface area contributed by atoms with Gasteiger partial charge in [-0.05, 0) is 25.1 Å². The molecular weight excluding hydrogens is 467 g/mol. The first kappa shape index (κ1) is 25.3. The molecule has 3 aromatic rings. The van der Waals surface area contributed by atoms with Crippen molar-refractivity contribution in [2.75, 3.05) is 63.8 Å². The van der Waals surface area contributed by atoms with Crippen molar-refractivity contribution in [1.29, 1.82) is 0 Å². The molecular formula is C26H31FN4O5. The number of fused-ring (bicyclic) bond motifs is 1. The van der Waals surface area contributed by atoms with Crippen LogP contribution >= 0.6 is 0 Å². The first-order valence-corrected chi connectivity index (χ1v) is 11.9. The number of hydrogen-bond acceptors (Lipinski definition) is 7. The fourth-order valence-corrected chi connectivity index (χ4v) is 4.39. The fraction of sp³-hybridized carbons (Fsp3) is 0.385. The van der Waals surface area contributed by atoms with Gasteiger partial charge in [0.2, 0.25) is 5.91 Å². The third-order valence-corrected chi connectivity index (χ3v) is 6.27. The highest BCUT2D eigenvalue weighted by molar-refractivity contribution is 6.11. The van der Waals surface area contributed by atoms with Crippen molar-refractivity contribution in [1.82, 2.24) is 9.88 Å². The Hall–Kier alpha value is -3.79. The highest BCUT2D eigenvalue weighted by atomic mass is 19.1. The maximum absolute atomic E-state index is 14.1. The molecule has 0 atom stereocenters. The van der Waals surface area contributed by atoms with Crippen LogP contribution in [-0.2, 0) is 9.53 Å². The molecule has 0 radical (unpaired) electrons. The Morgan fingerprint density at radius 1 is 1.06 bits per heavy atom. The highest BCUT2D eigenvalue weighted by Gasteiger charge is 2.24. The minimum atomic E-state index is -0.564. The van der Waals surface area contributed by atoms with Gasteiger partial charge in [-0.3, -0.25) is 9.69 Å². The Kier molecular flexibility index (Phi) is 7.94. The van der Waals surface area contributed by atoms with Crippen LogP contribution in [0.3, 0.4) is 0 Å². The lowest BCUT2D eigenvalue weighted by Gasteiger charge is -2.36. The predicted molar refractivity (Wildman–Crippen MR) is 136 cm³/mol. The molecule has 0 aliphatic carbocycles. The van der Waals surface area contributed by atoms with Gasteiger partial charge in [-0.15, -0.1) is 0 Å². The highest BCUT2D eigenvalue weighted by Crippen LogP contribution is 2.37. The van der Waals surface area contributed by atoms with Gasteiger partial charge >= 0.3 is 5.97 Å². The number of carbonyl (C=O) groups is 2. The number of amides is 1. The molecule has 1 fully saturated rings. The SMILES string of the molecule is CCOC(=O)c1[nH]c2cc(OC)c(OC)cc2c1NC(=O)CCN1CCN(c2ccccc2F)CC1. The maximum atomic E-state index is 14.1. The van der Waals surface area contributed by atoms with Gasteiger partial charge in [0.25, 0.3) is 0 Å². The van der Waals surface area contributed by atoms with E-state index in [1.165, 1.54) is 20.3 Å². The van der Waals surface area contributed by atoms with E-state index in [4.69, 9.17) is 14.2 Å². The maximum Gasteiger partial charge on any atom is 0.356 e. The normalized spacial score (nSPS) is 14.1. The molecule has 1 saturated heterocycles. The molecule has 4 rings (SSSR count). The van der Waals surface area contributed by atoms with Crippen LogP contribution in [0.5, 0.6) is 11.5 Å². The molecule has 1 aliphatic rings. The number of carbonyl (C=O) groups excluding carboxylic acids is 2. The minimum Gasteiger partial charge on any atom is -0.493 e. The number of aromatic nitrogens is 1. The summed E-state index contributed by atoms with van der Waals surface area (Å²) in [6.07, 6.45) is 0.238. The Morgan fingerprint density at radius 2 is 1.75 bits per heavy atom. The molecule has 0 unspecified atom stereocenters. The summed E-state index contributed by atoms with van der Waals surface area (Å²) in [4.78, 5) is 32.7. The van der Waals surface area contributed by atoms with E-state index in [2.05, 4.69) is 15.2 Å². The summed E-state index contributed by atoms with van der Waals surface area (Å²) in [5.74, 6) is -0.0497. The topological polar surface area (TPSA) is 96.1 Å². The van der Waals surface area contributed by atoms with E-state index >= 15 is 0 Å². The lowest BCUT2D eigenvalue weighted by molar-refractivity contribution is -0.116. The van der Waals surface area contributed by atoms with Gasteiger partial charge in [0.15, 0.2) is 11.5 Å². The Balaban J connectivity index is 1.43. The molecule has 2 heterocycles. The zero-order valence-electron chi connectivity index (χ0n) is 20.7. The summed E-state index contributed by atoms with van der Waals surface area (Å²) in [6.45, 7) is 5.27. The van der Waals surface area contributed by atoms with Crippen LogP contribution in [-0.4, -0.2) is 75.3 Å². The number of rotatable bonds is 9. The molecule has 1 aromatic heterocycles. The molecule has 36 heavy (non-hydrogen) atoms. The van der Waals surface area contributed by atoms with Crippen molar-refractivity contribution in [3.63, 3.8) is 0 Å². The number of para-hydroxylation sites is 1. The van der Waals surface area contributed by atoms with E-state index in [9.17, 15) is 14.0 Å². The summed E-state index contributed by atoms with van der Waals surface area (Å²) in [5.41, 5.74) is 1.72. The van der Waals surface area contributed by atoms with Crippen LogP contribution in [0.2, 0.25) is 0 Å². The van der Waals surface area contributed by atoms with Gasteiger partial charge in [-0.1, -0.05) is 12.1 Å². The molecule has 9 nitrogen and oxygen atoms in total. The largest absolute Gasteiger partial charge is 0.493 e. The molecule has 2 aromatic carbocycles. The Labute approximate surface area is 209 Å². The van der Waals surface area contributed by atoms with Gasteiger partial charge in [-0.25, -0.2) is 9.18 Å². The standard InChI is InChI=1S/C26H31FN4O5/c1-4-36-26(33)25-24(17-15-21(34-2)22(35-3)16-19(17)28-25)29-23(32)9-10-30-11-13-31(14-12-30)20-8-6-5-7-18(20)27/h5-8,15-16,28H,4,9-14H2,1-3H3,(H,29,32). The van der Waals surface area contributed by atoms with E-state index in [0.29, 0.717) is 53.4 Å². The summed E-state index contributed by atoms with van der Waals surface area (Å²) in [6, 6.07) is 10.2. The zero-order chi connectivity index (χ0) is 25.7. The van der Waals surface area contributed by atoms with Crippen molar-refractivity contribution >= 4 is 34.2 Å². The van der Waals surface area contributed by atoms with Crippen LogP contribution < -0.4 is 19.7 Å². The molecule has 192 valence electrons. The summed E-state index contributed by atoms with van der Waals surface area (Å²) >= 11 is 0. The average Bonchev–Trinajstić information content (AvgIpc) is 3.24. The van der Waals surface area contributed by atoms with Gasteiger partial charge in [0.1, 0.15) is 11.5 Å². The molecule has 2 N–H and O–H groups in total. The van der Waals surface area contributed by atoms with Gasteiger partial charge in [0.05, 0.1) is 37.7 Å². The second-order valence-corrected chi connectivity index (χ2v) is 8.43. The molecule has 0 saturated carbocycles. The van der Waals surface area contributed by atoms with E-state index in [-0.39, 0.29) is 30.4 Å². The monoisotopic (exact) mass is 498 g/mol. The van der Waals surface area contributed by atoms with Crippen LogP contribution in [0.4, 0.5) is 15.8 Å². The summed E-state index contributed by atoms with van der Waals surface area (Å²) in [7, 11) is 3.05. The van der Waals surface area contributed by atoms with Crippen molar-refractivity contribution < 1.29 is 28.2 Å². The number of benzene rings is 2. The van der Waals surface area contributed by atoms with Gasteiger partial charge < -0.3 is 29.4 Å². The third-order valence-electron chi connectivity index (χ3n) is 6.27. The average molecular weight is 499 g/mol. The molecule has 0 bridgehead atoms. The second kappa shape index (κ2) is 11.3. The van der Waals surface area contributed by atoms with Crippen LogP contribution in [0.1, 0.15) is 23.8 Å². The van der Waals surface area contributed by atoms with Crippen LogP contribution in [0, 0.1) is 5.82 Å². The number of aromatic amines is 1. The van der Waals surface area contributed by atoms with E-state index in [1.807, 2.05) is 11.0 Å². The third kappa shape index (κ3) is 5.38. The van der Waals surface area contributed by atoms with Crippen molar-refractivity contribution in [2.45, 2.75) is 13.3 Å². The minimum absolute atomic E-state index is 0.161. The van der Waals surface area contributed by atoms with Crippen LogP contribution in [0.25, 0.3) is 10.9 Å². The Morgan fingerprint density at radius 3 is 2.42 bits per heavy atom. The lowest BCUT2D eigenvalue weighted by Crippen LogP contribution is -2.47. The van der Waals surface area contributed by atoms with E-state index in [1.54, 1.807) is 31.2 Å². The first-order valence-electron chi connectivity index (χ1n) is 11.9. The predicted octanol–water partition coefficient (Wildman–Crippen LogP) is 3.65. The smallest absolute Gasteiger partial charge is 0.356 e. The van der Waals surface area contributed by atoms with Crippen molar-refractivity contribution in [2.24, 2.45) is 0 Å².